The third-order valence-electron chi connectivity index (χ3n) is 3.27. The number of rotatable bonds is 8. The number of nitrogen functional groups attached to an aromatic ring is 1. The molecule has 116 valence electrons. The van der Waals surface area contributed by atoms with Crippen LogP contribution < -0.4 is 11.1 Å². The van der Waals surface area contributed by atoms with Crippen molar-refractivity contribution in [3.63, 3.8) is 0 Å². The first-order valence-electron chi connectivity index (χ1n) is 6.95. The Balaban J connectivity index is 2.71. The number of anilines is 2. The molecule has 0 fully saturated rings. The van der Waals surface area contributed by atoms with Crippen molar-refractivity contribution in [1.82, 2.24) is 4.90 Å². The molecule has 7 heteroatoms. The minimum absolute atomic E-state index is 0.195. The fraction of sp³-hybridized carbons (Fsp3) is 0.571. The quantitative estimate of drug-likeness (QED) is 0.564. The fourth-order valence-electron chi connectivity index (χ4n) is 2.00. The number of ether oxygens (including phenoxy) is 1. The topological polar surface area (TPSA) is 91.4 Å². The Bertz CT molecular complexity index is 518. The Morgan fingerprint density at radius 3 is 2.67 bits per heavy atom. The van der Waals surface area contributed by atoms with Gasteiger partial charge in [-0.3, -0.25) is 0 Å². The lowest BCUT2D eigenvalue weighted by atomic mass is 10.2. The van der Waals surface area contributed by atoms with Gasteiger partial charge in [-0.15, -0.1) is 11.3 Å². The van der Waals surface area contributed by atoms with Gasteiger partial charge in [-0.05, 0) is 26.1 Å². The van der Waals surface area contributed by atoms with E-state index in [0.29, 0.717) is 16.4 Å². The van der Waals surface area contributed by atoms with E-state index in [0.717, 1.165) is 26.1 Å². The zero-order valence-electron chi connectivity index (χ0n) is 12.7. The first-order valence-corrected chi connectivity index (χ1v) is 7.77. The Labute approximate surface area is 129 Å². The number of nitrogens with two attached hydrogens (primary N) is 1. The molecule has 0 aliphatic heterocycles. The Morgan fingerprint density at radius 1 is 1.48 bits per heavy atom. The lowest BCUT2D eigenvalue weighted by Crippen LogP contribution is -2.25. The summed E-state index contributed by atoms with van der Waals surface area (Å²) >= 11 is 1.19. The summed E-state index contributed by atoms with van der Waals surface area (Å²) < 4.78 is 4.73. The van der Waals surface area contributed by atoms with E-state index in [-0.39, 0.29) is 11.3 Å². The van der Waals surface area contributed by atoms with Gasteiger partial charge in [-0.2, -0.15) is 5.26 Å². The predicted molar refractivity (Wildman–Crippen MR) is 85.7 cm³/mol. The molecule has 0 aromatic carbocycles. The molecule has 0 unspecified atom stereocenters. The minimum atomic E-state index is -0.517. The van der Waals surface area contributed by atoms with Crippen molar-refractivity contribution in [2.75, 3.05) is 44.3 Å². The molecule has 0 radical (unpaired) electrons. The predicted octanol–water partition coefficient (Wildman–Crippen LogP) is 2.13. The van der Waals surface area contributed by atoms with Crippen molar-refractivity contribution < 1.29 is 9.53 Å². The van der Waals surface area contributed by atoms with Crippen LogP contribution in [0.4, 0.5) is 10.7 Å². The number of hydrogen-bond acceptors (Lipinski definition) is 7. The Hall–Kier alpha value is -1.78. The molecular formula is C14H22N4O2S. The van der Waals surface area contributed by atoms with E-state index >= 15 is 0 Å². The molecule has 0 spiro atoms. The van der Waals surface area contributed by atoms with Crippen molar-refractivity contribution in [2.45, 2.75) is 20.3 Å². The second-order valence-electron chi connectivity index (χ2n) is 4.46. The summed E-state index contributed by atoms with van der Waals surface area (Å²) in [5.41, 5.74) is 6.29. The van der Waals surface area contributed by atoms with Gasteiger partial charge < -0.3 is 20.7 Å². The first kappa shape index (κ1) is 17.3. The maximum Gasteiger partial charge on any atom is 0.343 e. The lowest BCUT2D eigenvalue weighted by molar-refractivity contribution is 0.0603. The van der Waals surface area contributed by atoms with Gasteiger partial charge in [0.15, 0.2) is 0 Å². The summed E-state index contributed by atoms with van der Waals surface area (Å²) in [7, 11) is 1.30. The van der Waals surface area contributed by atoms with Crippen molar-refractivity contribution in [2.24, 2.45) is 0 Å². The minimum Gasteiger partial charge on any atom is -0.465 e. The lowest BCUT2D eigenvalue weighted by Gasteiger charge is -2.17. The molecule has 1 aromatic heterocycles. The summed E-state index contributed by atoms with van der Waals surface area (Å²) in [6.45, 7) is 8.00. The normalized spacial score (nSPS) is 10.4. The van der Waals surface area contributed by atoms with E-state index in [9.17, 15) is 4.79 Å². The van der Waals surface area contributed by atoms with Gasteiger partial charge in [0.2, 0.25) is 0 Å². The number of thiophene rings is 1. The molecule has 1 heterocycles. The van der Waals surface area contributed by atoms with Crippen LogP contribution in [0.2, 0.25) is 0 Å². The Kier molecular flexibility index (Phi) is 6.99. The van der Waals surface area contributed by atoms with Crippen LogP contribution in [0, 0.1) is 11.3 Å². The molecular weight excluding hydrogens is 288 g/mol. The number of carbonyl (C=O) groups is 1. The molecule has 21 heavy (non-hydrogen) atoms. The number of nitriles is 1. The van der Waals surface area contributed by atoms with E-state index in [1.54, 1.807) is 0 Å². The molecule has 0 aliphatic rings. The van der Waals surface area contributed by atoms with Gasteiger partial charge in [-0.25, -0.2) is 4.79 Å². The van der Waals surface area contributed by atoms with Crippen LogP contribution in [-0.4, -0.2) is 44.2 Å². The molecule has 0 saturated carbocycles. The van der Waals surface area contributed by atoms with E-state index in [1.165, 1.54) is 18.4 Å². The standard InChI is InChI=1S/C14H22N4O2S/c1-4-18(5-2)8-6-7-17-13-11(14(19)20-3)12(16)10(9-15)21-13/h17H,4-8,16H2,1-3H3. The number of nitrogens with zero attached hydrogens (tertiary/aromatic N) is 2. The van der Waals surface area contributed by atoms with E-state index in [4.69, 9.17) is 15.7 Å². The number of nitrogens with one attached hydrogen (secondary N) is 1. The van der Waals surface area contributed by atoms with Gasteiger partial charge in [0.05, 0.1) is 12.8 Å². The van der Waals surface area contributed by atoms with Crippen LogP contribution in [0.15, 0.2) is 0 Å². The van der Waals surface area contributed by atoms with E-state index < -0.39 is 5.97 Å². The highest BCUT2D eigenvalue weighted by Gasteiger charge is 2.22. The SMILES string of the molecule is CCN(CC)CCCNc1sc(C#N)c(N)c1C(=O)OC. The largest absolute Gasteiger partial charge is 0.465 e. The molecule has 1 rings (SSSR count). The highest BCUT2D eigenvalue weighted by Crippen LogP contribution is 2.35. The van der Waals surface area contributed by atoms with Gasteiger partial charge in [0.1, 0.15) is 21.5 Å². The summed E-state index contributed by atoms with van der Waals surface area (Å²) in [4.78, 5) is 14.4. The second-order valence-corrected chi connectivity index (χ2v) is 5.48. The highest BCUT2D eigenvalue weighted by molar-refractivity contribution is 7.17. The summed E-state index contributed by atoms with van der Waals surface area (Å²) in [6, 6.07) is 2.00. The van der Waals surface area contributed by atoms with Gasteiger partial charge in [0, 0.05) is 6.54 Å². The molecule has 0 atom stereocenters. The average Bonchev–Trinajstić information content (AvgIpc) is 2.82. The summed E-state index contributed by atoms with van der Waals surface area (Å²) in [5, 5.41) is 12.8. The molecule has 0 amide bonds. The third-order valence-corrected chi connectivity index (χ3v) is 4.34. The van der Waals surface area contributed by atoms with Gasteiger partial charge >= 0.3 is 5.97 Å². The summed E-state index contributed by atoms with van der Waals surface area (Å²) in [5.74, 6) is -0.517. The summed E-state index contributed by atoms with van der Waals surface area (Å²) in [6.07, 6.45) is 0.946. The number of carbonyl (C=O) groups excluding carboxylic acids is 1. The molecule has 0 bridgehead atoms. The van der Waals surface area contributed by atoms with Crippen LogP contribution in [0.5, 0.6) is 0 Å². The van der Waals surface area contributed by atoms with Gasteiger partial charge in [0.25, 0.3) is 0 Å². The van der Waals surface area contributed by atoms with Crippen molar-refractivity contribution in [3.05, 3.63) is 10.4 Å². The van der Waals surface area contributed by atoms with E-state index in [2.05, 4.69) is 24.1 Å². The Morgan fingerprint density at radius 2 is 2.14 bits per heavy atom. The smallest absolute Gasteiger partial charge is 0.343 e. The maximum absolute atomic E-state index is 11.8. The molecule has 1 aromatic rings. The van der Waals surface area contributed by atoms with E-state index in [1.807, 2.05) is 6.07 Å². The third kappa shape index (κ3) is 4.34. The van der Waals surface area contributed by atoms with Gasteiger partial charge in [-0.1, -0.05) is 13.8 Å². The monoisotopic (exact) mass is 310 g/mol. The molecule has 6 nitrogen and oxygen atoms in total. The van der Waals surface area contributed by atoms with Crippen LogP contribution in [0.25, 0.3) is 0 Å². The highest BCUT2D eigenvalue weighted by atomic mass is 32.1. The van der Waals surface area contributed by atoms with Crippen LogP contribution in [-0.2, 0) is 4.74 Å². The molecule has 0 aliphatic carbocycles. The second kappa shape index (κ2) is 8.49. The van der Waals surface area contributed by atoms with Crippen LogP contribution in [0.3, 0.4) is 0 Å². The number of hydrogen-bond donors (Lipinski definition) is 2. The van der Waals surface area contributed by atoms with Crippen molar-refractivity contribution in [3.8, 4) is 6.07 Å². The number of esters is 1. The zero-order chi connectivity index (χ0) is 15.8. The fourth-order valence-corrected chi connectivity index (χ4v) is 2.93. The van der Waals surface area contributed by atoms with Crippen molar-refractivity contribution in [1.29, 1.82) is 5.26 Å². The number of methoxy groups -OCH3 is 1. The van der Waals surface area contributed by atoms with Crippen LogP contribution >= 0.6 is 11.3 Å². The average molecular weight is 310 g/mol. The van der Waals surface area contributed by atoms with Crippen molar-refractivity contribution >= 4 is 28.0 Å². The maximum atomic E-state index is 11.8. The molecule has 0 saturated heterocycles. The first-order chi connectivity index (χ1) is 10.1. The van der Waals surface area contributed by atoms with Crippen LogP contribution in [0.1, 0.15) is 35.5 Å². The molecule has 3 N–H and O–H groups in total. The zero-order valence-corrected chi connectivity index (χ0v) is 13.5.